The highest BCUT2D eigenvalue weighted by atomic mass is 19.1. The van der Waals surface area contributed by atoms with Gasteiger partial charge in [-0.05, 0) is 30.0 Å². The van der Waals surface area contributed by atoms with E-state index in [2.05, 4.69) is 0 Å². The Hall–Kier alpha value is -0.930. The molecule has 0 saturated heterocycles. The molecule has 0 atom stereocenters. The lowest BCUT2D eigenvalue weighted by Crippen LogP contribution is -1.99. The van der Waals surface area contributed by atoms with Crippen LogP contribution in [-0.4, -0.2) is 11.7 Å². The van der Waals surface area contributed by atoms with E-state index in [1.807, 2.05) is 6.07 Å². The number of hydrogen-bond acceptors (Lipinski definition) is 2. The first kappa shape index (κ1) is 10.2. The lowest BCUT2D eigenvalue weighted by Gasteiger charge is -2.03. The third kappa shape index (κ3) is 2.79. The van der Waals surface area contributed by atoms with Gasteiger partial charge in [0, 0.05) is 13.2 Å². The summed E-state index contributed by atoms with van der Waals surface area (Å²) in [4.78, 5) is 0. The zero-order valence-corrected chi connectivity index (χ0v) is 7.46. The molecule has 1 rings (SSSR count). The molecule has 2 nitrogen and oxygen atoms in total. The maximum atomic E-state index is 13.2. The Morgan fingerprint density at radius 1 is 1.38 bits per heavy atom. The van der Waals surface area contributed by atoms with Crippen molar-refractivity contribution in [3.63, 3.8) is 0 Å². The van der Waals surface area contributed by atoms with Gasteiger partial charge in [-0.25, -0.2) is 4.39 Å². The Labute approximate surface area is 77.2 Å². The maximum Gasteiger partial charge on any atom is 0.126 e. The SMILES string of the molecule is NCc1ccc(CCCO)c(F)c1. The number of aliphatic hydroxyl groups is 1. The number of hydrogen-bond donors (Lipinski definition) is 2. The van der Waals surface area contributed by atoms with Crippen molar-refractivity contribution < 1.29 is 9.50 Å². The molecule has 0 saturated carbocycles. The van der Waals surface area contributed by atoms with Crippen molar-refractivity contribution in [1.29, 1.82) is 0 Å². The number of halogens is 1. The Bertz CT molecular complexity index is 276. The normalized spacial score (nSPS) is 10.4. The predicted molar refractivity (Wildman–Crippen MR) is 49.7 cm³/mol. The quantitative estimate of drug-likeness (QED) is 0.737. The highest BCUT2D eigenvalue weighted by molar-refractivity contribution is 5.24. The number of aryl methyl sites for hydroxylation is 1. The molecule has 0 radical (unpaired) electrons. The summed E-state index contributed by atoms with van der Waals surface area (Å²) in [6, 6.07) is 5.00. The summed E-state index contributed by atoms with van der Waals surface area (Å²) in [6.07, 6.45) is 1.17. The molecule has 0 amide bonds. The molecule has 13 heavy (non-hydrogen) atoms. The number of rotatable bonds is 4. The van der Waals surface area contributed by atoms with Gasteiger partial charge in [-0.2, -0.15) is 0 Å². The van der Waals surface area contributed by atoms with E-state index in [1.54, 1.807) is 6.07 Å². The molecule has 0 aromatic heterocycles. The van der Waals surface area contributed by atoms with Gasteiger partial charge in [0.25, 0.3) is 0 Å². The van der Waals surface area contributed by atoms with Gasteiger partial charge in [0.15, 0.2) is 0 Å². The molecule has 0 aliphatic carbocycles. The first-order valence-electron chi connectivity index (χ1n) is 4.36. The zero-order valence-electron chi connectivity index (χ0n) is 7.46. The number of benzene rings is 1. The third-order valence-corrected chi connectivity index (χ3v) is 1.96. The summed E-state index contributed by atoms with van der Waals surface area (Å²) in [6.45, 7) is 0.454. The topological polar surface area (TPSA) is 46.2 Å². The number of aliphatic hydroxyl groups excluding tert-OH is 1. The molecule has 0 unspecified atom stereocenters. The highest BCUT2D eigenvalue weighted by Gasteiger charge is 2.01. The minimum atomic E-state index is -0.226. The van der Waals surface area contributed by atoms with Crippen LogP contribution in [0.15, 0.2) is 18.2 Å². The van der Waals surface area contributed by atoms with Crippen molar-refractivity contribution >= 4 is 0 Å². The molecule has 0 aliphatic heterocycles. The van der Waals surface area contributed by atoms with Crippen molar-refractivity contribution in [1.82, 2.24) is 0 Å². The van der Waals surface area contributed by atoms with Gasteiger partial charge in [-0.1, -0.05) is 12.1 Å². The molecule has 1 aromatic carbocycles. The second-order valence-corrected chi connectivity index (χ2v) is 2.96. The molecule has 3 N–H and O–H groups in total. The second-order valence-electron chi connectivity index (χ2n) is 2.96. The van der Waals surface area contributed by atoms with Crippen molar-refractivity contribution in [2.45, 2.75) is 19.4 Å². The maximum absolute atomic E-state index is 13.2. The number of nitrogens with two attached hydrogens (primary N) is 1. The molecule has 0 bridgehead atoms. The fourth-order valence-corrected chi connectivity index (χ4v) is 1.19. The zero-order chi connectivity index (χ0) is 9.68. The minimum Gasteiger partial charge on any atom is -0.396 e. The average Bonchev–Trinajstić information content (AvgIpc) is 2.16. The van der Waals surface area contributed by atoms with E-state index in [-0.39, 0.29) is 12.4 Å². The molecular weight excluding hydrogens is 169 g/mol. The standard InChI is InChI=1S/C10H14FNO/c11-10-6-8(7-12)3-4-9(10)2-1-5-13/h3-4,6,13H,1-2,5,7,12H2. The van der Waals surface area contributed by atoms with E-state index >= 15 is 0 Å². The molecular formula is C10H14FNO. The monoisotopic (exact) mass is 183 g/mol. The van der Waals surface area contributed by atoms with Crippen LogP contribution in [0.2, 0.25) is 0 Å². The van der Waals surface area contributed by atoms with Crippen LogP contribution in [-0.2, 0) is 13.0 Å². The van der Waals surface area contributed by atoms with E-state index in [9.17, 15) is 4.39 Å². The summed E-state index contributed by atoms with van der Waals surface area (Å²) in [5.74, 6) is -0.226. The van der Waals surface area contributed by atoms with Gasteiger partial charge < -0.3 is 10.8 Å². The summed E-state index contributed by atoms with van der Waals surface area (Å²) in [7, 11) is 0. The van der Waals surface area contributed by atoms with Crippen LogP contribution in [0.1, 0.15) is 17.5 Å². The molecule has 0 heterocycles. The van der Waals surface area contributed by atoms with Crippen LogP contribution >= 0.6 is 0 Å². The molecule has 0 fully saturated rings. The molecule has 0 aliphatic rings. The van der Waals surface area contributed by atoms with Crippen LogP contribution in [0.5, 0.6) is 0 Å². The average molecular weight is 183 g/mol. The third-order valence-electron chi connectivity index (χ3n) is 1.96. The van der Waals surface area contributed by atoms with Gasteiger partial charge in [-0.15, -0.1) is 0 Å². The van der Waals surface area contributed by atoms with Crippen LogP contribution < -0.4 is 5.73 Å². The largest absolute Gasteiger partial charge is 0.396 e. The van der Waals surface area contributed by atoms with Gasteiger partial charge in [-0.3, -0.25) is 0 Å². The van der Waals surface area contributed by atoms with E-state index in [4.69, 9.17) is 10.8 Å². The van der Waals surface area contributed by atoms with Gasteiger partial charge >= 0.3 is 0 Å². The van der Waals surface area contributed by atoms with Crippen molar-refractivity contribution in [3.8, 4) is 0 Å². The molecule has 1 aromatic rings. The predicted octanol–water partition coefficient (Wildman–Crippen LogP) is 1.21. The Morgan fingerprint density at radius 2 is 2.15 bits per heavy atom. The van der Waals surface area contributed by atoms with Gasteiger partial charge in [0.1, 0.15) is 5.82 Å². The van der Waals surface area contributed by atoms with Gasteiger partial charge in [0.05, 0.1) is 0 Å². The first-order chi connectivity index (χ1) is 6.27. The van der Waals surface area contributed by atoms with Crippen LogP contribution in [0, 0.1) is 5.82 Å². The Balaban J connectivity index is 2.73. The van der Waals surface area contributed by atoms with Crippen molar-refractivity contribution in [2.24, 2.45) is 5.73 Å². The van der Waals surface area contributed by atoms with Gasteiger partial charge in [0.2, 0.25) is 0 Å². The van der Waals surface area contributed by atoms with E-state index in [0.29, 0.717) is 24.9 Å². The summed E-state index contributed by atoms with van der Waals surface area (Å²) in [5.41, 5.74) is 6.80. The Morgan fingerprint density at radius 3 is 2.69 bits per heavy atom. The summed E-state index contributed by atoms with van der Waals surface area (Å²) in [5, 5.41) is 8.58. The van der Waals surface area contributed by atoms with E-state index in [0.717, 1.165) is 5.56 Å². The lowest BCUT2D eigenvalue weighted by atomic mass is 10.1. The second kappa shape index (κ2) is 4.94. The van der Waals surface area contributed by atoms with E-state index in [1.165, 1.54) is 6.07 Å². The molecule has 72 valence electrons. The van der Waals surface area contributed by atoms with Crippen LogP contribution in [0.25, 0.3) is 0 Å². The van der Waals surface area contributed by atoms with E-state index < -0.39 is 0 Å². The highest BCUT2D eigenvalue weighted by Crippen LogP contribution is 2.11. The van der Waals surface area contributed by atoms with Crippen LogP contribution in [0.4, 0.5) is 4.39 Å². The molecule has 3 heteroatoms. The minimum absolute atomic E-state index is 0.0953. The fourth-order valence-electron chi connectivity index (χ4n) is 1.19. The summed E-state index contributed by atoms with van der Waals surface area (Å²) < 4.78 is 13.2. The van der Waals surface area contributed by atoms with Crippen LogP contribution in [0.3, 0.4) is 0 Å². The van der Waals surface area contributed by atoms with Crippen molar-refractivity contribution in [2.75, 3.05) is 6.61 Å². The first-order valence-corrected chi connectivity index (χ1v) is 4.36. The summed E-state index contributed by atoms with van der Waals surface area (Å²) >= 11 is 0. The smallest absolute Gasteiger partial charge is 0.126 e. The van der Waals surface area contributed by atoms with Crippen molar-refractivity contribution in [3.05, 3.63) is 35.1 Å². The molecule has 0 spiro atoms. The Kier molecular flexibility index (Phi) is 3.86. The lowest BCUT2D eigenvalue weighted by molar-refractivity contribution is 0.288. The fraction of sp³-hybridized carbons (Fsp3) is 0.400.